The van der Waals surface area contributed by atoms with Gasteiger partial charge in [0.05, 0.1) is 6.04 Å². The number of carbonyl (C=O) groups excluding carboxylic acids is 1. The van der Waals surface area contributed by atoms with Crippen LogP contribution in [-0.2, 0) is 0 Å². The monoisotopic (exact) mass is 271 g/mol. The number of nitrogens with one attached hydrogen (secondary N) is 1. The lowest BCUT2D eigenvalue weighted by molar-refractivity contribution is 0.0690. The molecule has 1 atom stereocenters. The fourth-order valence-corrected chi connectivity index (χ4v) is 1.68. The predicted octanol–water partition coefficient (Wildman–Crippen LogP) is 1.67. The van der Waals surface area contributed by atoms with Crippen LogP contribution in [0.25, 0.3) is 0 Å². The molecule has 102 valence electrons. The predicted molar refractivity (Wildman–Crippen MR) is 71.3 cm³/mol. The van der Waals surface area contributed by atoms with Crippen LogP contribution < -0.4 is 5.32 Å². The van der Waals surface area contributed by atoms with Crippen LogP contribution >= 0.6 is 0 Å². The number of hydrogen-bond acceptors (Lipinski definition) is 4. The average molecular weight is 271 g/mol. The summed E-state index contributed by atoms with van der Waals surface area (Å²) in [5.74, 6) is -1.52. The number of nitrogens with zero attached hydrogens (tertiary/aromatic N) is 2. The Kier molecular flexibility index (Phi) is 4.05. The molecule has 1 unspecified atom stereocenters. The molecule has 0 spiro atoms. The molecule has 0 saturated heterocycles. The molecule has 0 aliphatic carbocycles. The second-order valence-electron chi connectivity index (χ2n) is 4.22. The molecule has 0 aliphatic rings. The van der Waals surface area contributed by atoms with Gasteiger partial charge in [-0.15, -0.1) is 0 Å². The Hall–Kier alpha value is -2.76. The van der Waals surface area contributed by atoms with E-state index in [-0.39, 0.29) is 23.2 Å². The first kappa shape index (κ1) is 13.7. The molecule has 0 bridgehead atoms. The average Bonchev–Trinajstić information content (AvgIpc) is 2.48. The Morgan fingerprint density at radius 3 is 2.75 bits per heavy atom. The lowest BCUT2D eigenvalue weighted by Gasteiger charge is -2.13. The summed E-state index contributed by atoms with van der Waals surface area (Å²) in [6.45, 7) is 1.83. The van der Waals surface area contributed by atoms with Gasteiger partial charge in [-0.1, -0.05) is 6.07 Å². The highest BCUT2D eigenvalue weighted by Gasteiger charge is 2.13. The van der Waals surface area contributed by atoms with E-state index in [0.717, 1.165) is 5.56 Å². The molecule has 0 fully saturated rings. The quantitative estimate of drug-likeness (QED) is 0.882. The van der Waals surface area contributed by atoms with E-state index in [2.05, 4.69) is 15.3 Å². The Balaban J connectivity index is 2.12. The van der Waals surface area contributed by atoms with Crippen LogP contribution in [0.3, 0.4) is 0 Å². The van der Waals surface area contributed by atoms with Crippen molar-refractivity contribution in [2.75, 3.05) is 0 Å². The van der Waals surface area contributed by atoms with Crippen molar-refractivity contribution in [2.45, 2.75) is 13.0 Å². The van der Waals surface area contributed by atoms with Crippen LogP contribution in [0, 0.1) is 0 Å². The number of amides is 1. The molecule has 0 aliphatic heterocycles. The summed E-state index contributed by atoms with van der Waals surface area (Å²) in [4.78, 5) is 30.5. The van der Waals surface area contributed by atoms with Crippen molar-refractivity contribution in [1.82, 2.24) is 15.3 Å². The summed E-state index contributed by atoms with van der Waals surface area (Å²) >= 11 is 0. The minimum atomic E-state index is -1.17. The molecule has 0 aromatic carbocycles. The van der Waals surface area contributed by atoms with Gasteiger partial charge in [0.1, 0.15) is 5.69 Å². The van der Waals surface area contributed by atoms with Crippen LogP contribution in [0.4, 0.5) is 0 Å². The molecule has 0 radical (unpaired) electrons. The number of aromatic carboxylic acids is 1. The number of rotatable bonds is 4. The Bertz CT molecular complexity index is 629. The van der Waals surface area contributed by atoms with Gasteiger partial charge in [0.2, 0.25) is 0 Å². The summed E-state index contributed by atoms with van der Waals surface area (Å²) in [6.07, 6.45) is 4.62. The maximum atomic E-state index is 12.1. The molecule has 1 amide bonds. The number of carboxylic acids is 1. The molecule has 2 aromatic heterocycles. The van der Waals surface area contributed by atoms with Gasteiger partial charge in [0, 0.05) is 24.2 Å². The number of carbonyl (C=O) groups is 2. The van der Waals surface area contributed by atoms with Crippen molar-refractivity contribution in [3.8, 4) is 0 Å². The zero-order valence-electron chi connectivity index (χ0n) is 10.8. The Morgan fingerprint density at radius 2 is 2.10 bits per heavy atom. The first-order valence-electron chi connectivity index (χ1n) is 5.98. The number of carboxylic acid groups (broad SMARTS) is 1. The highest BCUT2D eigenvalue weighted by atomic mass is 16.4. The van der Waals surface area contributed by atoms with Gasteiger partial charge in [-0.05, 0) is 30.7 Å². The van der Waals surface area contributed by atoms with Crippen molar-refractivity contribution >= 4 is 11.9 Å². The summed E-state index contributed by atoms with van der Waals surface area (Å²) in [5.41, 5.74) is 0.966. The first-order chi connectivity index (χ1) is 9.58. The highest BCUT2D eigenvalue weighted by molar-refractivity contribution is 5.96. The zero-order valence-corrected chi connectivity index (χ0v) is 10.8. The Labute approximate surface area is 115 Å². The molecule has 0 saturated carbocycles. The van der Waals surface area contributed by atoms with E-state index in [1.807, 2.05) is 13.0 Å². The number of hydrogen-bond donors (Lipinski definition) is 2. The lowest BCUT2D eigenvalue weighted by Crippen LogP contribution is -2.27. The summed E-state index contributed by atoms with van der Waals surface area (Å²) in [5, 5.41) is 11.6. The maximum Gasteiger partial charge on any atom is 0.354 e. The fourth-order valence-electron chi connectivity index (χ4n) is 1.68. The molecule has 6 nitrogen and oxygen atoms in total. The van der Waals surface area contributed by atoms with Crippen LogP contribution in [0.15, 0.2) is 42.9 Å². The molecule has 6 heteroatoms. The fraction of sp³-hybridized carbons (Fsp3) is 0.143. The van der Waals surface area contributed by atoms with Crippen molar-refractivity contribution in [3.05, 3.63) is 59.7 Å². The van der Waals surface area contributed by atoms with E-state index < -0.39 is 5.97 Å². The van der Waals surface area contributed by atoms with Crippen molar-refractivity contribution in [2.24, 2.45) is 0 Å². The first-order valence-corrected chi connectivity index (χ1v) is 5.98. The van der Waals surface area contributed by atoms with Crippen molar-refractivity contribution in [1.29, 1.82) is 0 Å². The van der Waals surface area contributed by atoms with Gasteiger partial charge in [-0.2, -0.15) is 0 Å². The van der Waals surface area contributed by atoms with Gasteiger partial charge >= 0.3 is 5.97 Å². The van der Waals surface area contributed by atoms with Gasteiger partial charge < -0.3 is 10.4 Å². The molecular formula is C14H13N3O3. The standard InChI is InChI=1S/C14H13N3O3/c1-9(11-3-2-5-15-8-11)17-13(18)10-4-6-16-12(7-10)14(19)20/h2-9H,1H3,(H,17,18)(H,19,20). The van der Waals surface area contributed by atoms with E-state index in [1.165, 1.54) is 18.3 Å². The van der Waals surface area contributed by atoms with Crippen molar-refractivity contribution < 1.29 is 14.7 Å². The lowest BCUT2D eigenvalue weighted by atomic mass is 10.1. The molecule has 20 heavy (non-hydrogen) atoms. The topological polar surface area (TPSA) is 92.2 Å². The van der Waals surface area contributed by atoms with E-state index in [1.54, 1.807) is 18.5 Å². The third-order valence-electron chi connectivity index (χ3n) is 2.77. The van der Waals surface area contributed by atoms with Gasteiger partial charge in [-0.3, -0.25) is 9.78 Å². The maximum absolute atomic E-state index is 12.1. The van der Waals surface area contributed by atoms with E-state index in [9.17, 15) is 9.59 Å². The second kappa shape index (κ2) is 5.92. The summed E-state index contributed by atoms with van der Waals surface area (Å²) in [6, 6.07) is 6.13. The summed E-state index contributed by atoms with van der Waals surface area (Å²) in [7, 11) is 0. The van der Waals surface area contributed by atoms with Crippen LogP contribution in [0.1, 0.15) is 39.4 Å². The van der Waals surface area contributed by atoms with Crippen molar-refractivity contribution in [3.63, 3.8) is 0 Å². The van der Waals surface area contributed by atoms with Crippen LogP contribution in [0.5, 0.6) is 0 Å². The summed E-state index contributed by atoms with van der Waals surface area (Å²) < 4.78 is 0. The minimum Gasteiger partial charge on any atom is -0.477 e. The van der Waals surface area contributed by atoms with E-state index in [4.69, 9.17) is 5.11 Å². The normalized spacial score (nSPS) is 11.7. The third kappa shape index (κ3) is 3.17. The largest absolute Gasteiger partial charge is 0.477 e. The number of aromatic nitrogens is 2. The number of pyridine rings is 2. The zero-order chi connectivity index (χ0) is 14.5. The third-order valence-corrected chi connectivity index (χ3v) is 2.77. The van der Waals surface area contributed by atoms with Gasteiger partial charge in [0.15, 0.2) is 0 Å². The highest BCUT2D eigenvalue weighted by Crippen LogP contribution is 2.11. The second-order valence-corrected chi connectivity index (χ2v) is 4.22. The van der Waals surface area contributed by atoms with E-state index >= 15 is 0 Å². The molecule has 2 aromatic rings. The minimum absolute atomic E-state index is 0.160. The molecule has 2 rings (SSSR count). The van der Waals surface area contributed by atoms with Crippen LogP contribution in [-0.4, -0.2) is 27.0 Å². The Morgan fingerprint density at radius 1 is 1.30 bits per heavy atom. The van der Waals surface area contributed by atoms with E-state index in [0.29, 0.717) is 0 Å². The smallest absolute Gasteiger partial charge is 0.354 e. The molecule has 2 N–H and O–H groups in total. The molecular weight excluding hydrogens is 258 g/mol. The van der Waals surface area contributed by atoms with Crippen LogP contribution in [0.2, 0.25) is 0 Å². The van der Waals surface area contributed by atoms with Gasteiger partial charge in [-0.25, -0.2) is 9.78 Å². The SMILES string of the molecule is CC(NC(=O)c1ccnc(C(=O)O)c1)c1cccnc1. The van der Waals surface area contributed by atoms with Gasteiger partial charge in [0.25, 0.3) is 5.91 Å². The molecule has 2 heterocycles.